The molecule has 1 aromatic rings. The molecule has 2 rings (SSSR count). The van der Waals surface area contributed by atoms with E-state index in [1.165, 1.54) is 23.9 Å². The van der Waals surface area contributed by atoms with Crippen molar-refractivity contribution in [1.82, 2.24) is 5.32 Å². The fourth-order valence-electron chi connectivity index (χ4n) is 2.06. The summed E-state index contributed by atoms with van der Waals surface area (Å²) in [5, 5.41) is 23.6. The maximum Gasteiger partial charge on any atom is 0.282 e. The minimum Gasteiger partial charge on any atom is -0.386 e. The number of nitrogens with one attached hydrogen (secondary N) is 1. The molecule has 1 fully saturated rings. The van der Waals surface area contributed by atoms with Gasteiger partial charge in [-0.25, -0.2) is 0 Å². The monoisotopic (exact) mass is 312 g/mol. The lowest BCUT2D eigenvalue weighted by atomic mass is 10.0. The van der Waals surface area contributed by atoms with Crippen molar-refractivity contribution in [2.75, 3.05) is 26.0 Å². The van der Waals surface area contributed by atoms with Crippen molar-refractivity contribution >= 4 is 23.4 Å². The molecular formula is C13H16N2O5S. The van der Waals surface area contributed by atoms with E-state index in [0.29, 0.717) is 13.0 Å². The predicted molar refractivity (Wildman–Crippen MR) is 77.6 cm³/mol. The Hall–Kier alpha value is -1.64. The molecule has 1 amide bonds. The Balaban J connectivity index is 2.15. The lowest BCUT2D eigenvalue weighted by Crippen LogP contribution is -2.43. The summed E-state index contributed by atoms with van der Waals surface area (Å²) in [6.45, 7) is 0.598. The molecule has 0 spiro atoms. The molecule has 1 unspecified atom stereocenters. The van der Waals surface area contributed by atoms with Crippen LogP contribution in [0.5, 0.6) is 0 Å². The maximum absolute atomic E-state index is 12.2. The number of hydrogen-bond donors (Lipinski definition) is 2. The van der Waals surface area contributed by atoms with Gasteiger partial charge in [-0.15, -0.1) is 11.8 Å². The van der Waals surface area contributed by atoms with Crippen LogP contribution in [0.15, 0.2) is 23.1 Å². The van der Waals surface area contributed by atoms with Gasteiger partial charge in [0.05, 0.1) is 11.5 Å². The number of nitrogens with zero attached hydrogens (tertiary/aromatic N) is 1. The van der Waals surface area contributed by atoms with E-state index in [2.05, 4.69) is 5.32 Å². The van der Waals surface area contributed by atoms with E-state index < -0.39 is 16.4 Å². The number of carbonyl (C=O) groups excluding carboxylic acids is 1. The molecule has 0 aliphatic carbocycles. The molecule has 0 bridgehead atoms. The van der Waals surface area contributed by atoms with E-state index in [9.17, 15) is 20.0 Å². The number of nitro benzene ring substituents is 1. The second-order valence-electron chi connectivity index (χ2n) is 4.85. The van der Waals surface area contributed by atoms with Crippen LogP contribution in [0.1, 0.15) is 16.8 Å². The third kappa shape index (κ3) is 3.72. The zero-order valence-corrected chi connectivity index (χ0v) is 12.3. The van der Waals surface area contributed by atoms with Crippen molar-refractivity contribution in [3.63, 3.8) is 0 Å². The van der Waals surface area contributed by atoms with Gasteiger partial charge in [0.25, 0.3) is 11.6 Å². The summed E-state index contributed by atoms with van der Waals surface area (Å²) in [7, 11) is 0. The first-order valence-electron chi connectivity index (χ1n) is 6.36. The zero-order valence-electron chi connectivity index (χ0n) is 11.5. The number of carbonyl (C=O) groups is 1. The smallest absolute Gasteiger partial charge is 0.282 e. The number of nitro groups is 1. The summed E-state index contributed by atoms with van der Waals surface area (Å²) < 4.78 is 5.08. The average molecular weight is 312 g/mol. The molecule has 1 atom stereocenters. The summed E-state index contributed by atoms with van der Waals surface area (Å²) in [6, 6.07) is 4.39. The van der Waals surface area contributed by atoms with E-state index in [0.717, 1.165) is 4.90 Å². The second kappa shape index (κ2) is 6.42. The zero-order chi connectivity index (χ0) is 15.5. The van der Waals surface area contributed by atoms with Gasteiger partial charge in [0.1, 0.15) is 11.2 Å². The molecule has 1 aliphatic rings. The van der Waals surface area contributed by atoms with E-state index in [1.807, 2.05) is 6.26 Å². The van der Waals surface area contributed by atoms with Gasteiger partial charge in [0.2, 0.25) is 0 Å². The third-order valence-electron chi connectivity index (χ3n) is 3.31. The SMILES string of the molecule is CSc1ccc([N+](=O)[O-])c(C(=O)NCC2(O)CCOC2)c1. The molecule has 21 heavy (non-hydrogen) atoms. The van der Waals surface area contributed by atoms with Crippen molar-refractivity contribution in [2.45, 2.75) is 16.9 Å². The molecule has 1 heterocycles. The van der Waals surface area contributed by atoms with Crippen LogP contribution in [0.25, 0.3) is 0 Å². The highest BCUT2D eigenvalue weighted by atomic mass is 32.2. The Morgan fingerprint density at radius 1 is 1.62 bits per heavy atom. The number of amides is 1. The van der Waals surface area contributed by atoms with Crippen LogP contribution in [0.2, 0.25) is 0 Å². The lowest BCUT2D eigenvalue weighted by Gasteiger charge is -2.20. The maximum atomic E-state index is 12.2. The van der Waals surface area contributed by atoms with E-state index in [-0.39, 0.29) is 24.4 Å². The first-order valence-corrected chi connectivity index (χ1v) is 7.58. The summed E-state index contributed by atoms with van der Waals surface area (Å²) in [4.78, 5) is 23.3. The molecule has 1 saturated heterocycles. The van der Waals surface area contributed by atoms with Gasteiger partial charge >= 0.3 is 0 Å². The molecule has 1 aromatic carbocycles. The predicted octanol–water partition coefficient (Wildman–Crippen LogP) is 1.20. The average Bonchev–Trinajstić information content (AvgIpc) is 2.91. The standard InChI is InChI=1S/C13H16N2O5S/c1-21-9-2-3-11(15(18)19)10(6-9)12(16)14-7-13(17)4-5-20-8-13/h2-3,6,17H,4-5,7-8H2,1H3,(H,14,16). The fourth-order valence-corrected chi connectivity index (χ4v) is 2.50. The van der Waals surface area contributed by atoms with Crippen LogP contribution in [0, 0.1) is 10.1 Å². The molecule has 0 radical (unpaired) electrons. The van der Waals surface area contributed by atoms with Crippen molar-refractivity contribution in [1.29, 1.82) is 0 Å². The Kier molecular flexibility index (Phi) is 4.81. The summed E-state index contributed by atoms with van der Waals surface area (Å²) in [5.74, 6) is -0.571. The molecular weight excluding hydrogens is 296 g/mol. The van der Waals surface area contributed by atoms with Gasteiger partial charge in [-0.2, -0.15) is 0 Å². The van der Waals surface area contributed by atoms with Crippen LogP contribution >= 0.6 is 11.8 Å². The molecule has 114 valence electrons. The molecule has 2 N–H and O–H groups in total. The van der Waals surface area contributed by atoms with Gasteiger partial charge in [-0.1, -0.05) is 0 Å². The molecule has 7 nitrogen and oxygen atoms in total. The van der Waals surface area contributed by atoms with Gasteiger partial charge in [0, 0.05) is 30.5 Å². The van der Waals surface area contributed by atoms with Gasteiger partial charge in [0.15, 0.2) is 0 Å². The first-order chi connectivity index (χ1) is 9.95. The summed E-state index contributed by atoms with van der Waals surface area (Å²) in [5.41, 5.74) is -1.35. The van der Waals surface area contributed by atoms with Crippen molar-refractivity contribution in [3.8, 4) is 0 Å². The van der Waals surface area contributed by atoms with Crippen LogP contribution in [-0.4, -0.2) is 47.6 Å². The van der Waals surface area contributed by atoms with Crippen LogP contribution < -0.4 is 5.32 Å². The van der Waals surface area contributed by atoms with Gasteiger partial charge < -0.3 is 15.2 Å². The van der Waals surface area contributed by atoms with Crippen molar-refractivity contribution in [3.05, 3.63) is 33.9 Å². The van der Waals surface area contributed by atoms with Crippen LogP contribution in [-0.2, 0) is 4.74 Å². The number of thioether (sulfide) groups is 1. The van der Waals surface area contributed by atoms with Crippen LogP contribution in [0.3, 0.4) is 0 Å². The highest BCUT2D eigenvalue weighted by Crippen LogP contribution is 2.25. The third-order valence-corrected chi connectivity index (χ3v) is 4.03. The minimum atomic E-state index is -1.10. The van der Waals surface area contributed by atoms with Crippen molar-refractivity contribution < 1.29 is 19.6 Å². The lowest BCUT2D eigenvalue weighted by molar-refractivity contribution is -0.385. The van der Waals surface area contributed by atoms with E-state index >= 15 is 0 Å². The number of aliphatic hydroxyl groups is 1. The quantitative estimate of drug-likeness (QED) is 0.481. The largest absolute Gasteiger partial charge is 0.386 e. The Bertz CT molecular complexity index is 557. The molecule has 1 aliphatic heterocycles. The topological polar surface area (TPSA) is 102 Å². The van der Waals surface area contributed by atoms with E-state index in [1.54, 1.807) is 6.07 Å². The fraction of sp³-hybridized carbons (Fsp3) is 0.462. The summed E-state index contributed by atoms with van der Waals surface area (Å²) >= 11 is 1.39. The minimum absolute atomic E-state index is 0.00522. The van der Waals surface area contributed by atoms with Gasteiger partial charge in [-0.3, -0.25) is 14.9 Å². The normalized spacial score (nSPS) is 21.2. The molecule has 0 aromatic heterocycles. The number of ether oxygens (including phenoxy) is 1. The second-order valence-corrected chi connectivity index (χ2v) is 5.73. The van der Waals surface area contributed by atoms with E-state index in [4.69, 9.17) is 4.74 Å². The van der Waals surface area contributed by atoms with Crippen molar-refractivity contribution in [2.24, 2.45) is 0 Å². The first kappa shape index (κ1) is 15.7. The van der Waals surface area contributed by atoms with Gasteiger partial charge in [-0.05, 0) is 18.4 Å². The number of benzene rings is 1. The Labute approximate surface area is 125 Å². The molecule has 0 saturated carbocycles. The highest BCUT2D eigenvalue weighted by Gasteiger charge is 2.33. The highest BCUT2D eigenvalue weighted by molar-refractivity contribution is 7.98. The number of rotatable bonds is 5. The Morgan fingerprint density at radius 3 is 2.95 bits per heavy atom. The van der Waals surface area contributed by atoms with Crippen LogP contribution in [0.4, 0.5) is 5.69 Å². The summed E-state index contributed by atoms with van der Waals surface area (Å²) in [6.07, 6.45) is 2.25. The Morgan fingerprint density at radius 2 is 2.38 bits per heavy atom. The molecule has 8 heteroatoms. The number of hydrogen-bond acceptors (Lipinski definition) is 6.